The minimum atomic E-state index is -3.72. The number of nitrogens with one attached hydrogen (secondary N) is 1. The standard InChI is InChI=1S/C21H20ClN5O2S/c1-26-13-21(24-14-26)30(28,29)27-11-18(15-5-3-2-4-6-15)20(12-27)25-17-7-8-19(22)16(9-17)10-23/h2-9,13-14,18,20,25H,11-12H2,1H3/t18-,20+/m1/s1. The van der Waals surface area contributed by atoms with Gasteiger partial charge in [-0.3, -0.25) is 0 Å². The predicted molar refractivity (Wildman–Crippen MR) is 115 cm³/mol. The summed E-state index contributed by atoms with van der Waals surface area (Å²) in [6.07, 6.45) is 2.98. The van der Waals surface area contributed by atoms with Gasteiger partial charge in [-0.1, -0.05) is 41.9 Å². The highest BCUT2D eigenvalue weighted by atomic mass is 35.5. The van der Waals surface area contributed by atoms with Crippen molar-refractivity contribution in [2.45, 2.75) is 17.0 Å². The highest BCUT2D eigenvalue weighted by molar-refractivity contribution is 7.89. The van der Waals surface area contributed by atoms with Crippen LogP contribution in [0.3, 0.4) is 0 Å². The van der Waals surface area contributed by atoms with E-state index in [1.807, 2.05) is 30.3 Å². The van der Waals surface area contributed by atoms with Gasteiger partial charge in [0.25, 0.3) is 10.0 Å². The van der Waals surface area contributed by atoms with E-state index >= 15 is 0 Å². The number of sulfonamides is 1. The summed E-state index contributed by atoms with van der Waals surface area (Å²) in [7, 11) is -1.98. The number of halogens is 1. The third kappa shape index (κ3) is 3.92. The molecule has 2 heterocycles. The second kappa shape index (κ2) is 8.11. The monoisotopic (exact) mass is 441 g/mol. The number of hydrogen-bond acceptors (Lipinski definition) is 5. The van der Waals surface area contributed by atoms with Crippen LogP contribution in [0.2, 0.25) is 5.02 Å². The normalized spacial score (nSPS) is 19.5. The van der Waals surface area contributed by atoms with Crippen LogP contribution in [0.1, 0.15) is 17.0 Å². The summed E-state index contributed by atoms with van der Waals surface area (Å²) < 4.78 is 29.3. The van der Waals surface area contributed by atoms with Gasteiger partial charge < -0.3 is 9.88 Å². The molecule has 1 aliphatic rings. The Morgan fingerprint density at radius 2 is 1.97 bits per heavy atom. The van der Waals surface area contributed by atoms with Crippen molar-refractivity contribution in [1.82, 2.24) is 13.9 Å². The molecule has 2 aromatic carbocycles. The Hall–Kier alpha value is -2.86. The predicted octanol–water partition coefficient (Wildman–Crippen LogP) is 3.21. The minimum absolute atomic E-state index is 0.0377. The van der Waals surface area contributed by atoms with Gasteiger partial charge in [-0.05, 0) is 23.8 Å². The number of anilines is 1. The lowest BCUT2D eigenvalue weighted by atomic mass is 9.94. The van der Waals surface area contributed by atoms with Gasteiger partial charge >= 0.3 is 0 Å². The molecule has 1 fully saturated rings. The summed E-state index contributed by atoms with van der Waals surface area (Å²) in [4.78, 5) is 4.03. The second-order valence-electron chi connectivity index (χ2n) is 7.27. The summed E-state index contributed by atoms with van der Waals surface area (Å²) in [5.74, 6) is -0.0640. The smallest absolute Gasteiger partial charge is 0.262 e. The molecule has 0 spiro atoms. The quantitative estimate of drug-likeness (QED) is 0.656. The van der Waals surface area contributed by atoms with E-state index in [0.717, 1.165) is 11.3 Å². The zero-order chi connectivity index (χ0) is 21.3. The zero-order valence-corrected chi connectivity index (χ0v) is 17.8. The van der Waals surface area contributed by atoms with E-state index in [1.54, 1.807) is 29.8 Å². The Bertz CT molecular complexity index is 1200. The molecule has 2 atom stereocenters. The van der Waals surface area contributed by atoms with Crippen molar-refractivity contribution < 1.29 is 8.42 Å². The molecule has 0 amide bonds. The van der Waals surface area contributed by atoms with Crippen molar-refractivity contribution in [3.05, 3.63) is 77.2 Å². The lowest BCUT2D eigenvalue weighted by Gasteiger charge is -2.21. The average Bonchev–Trinajstić information content (AvgIpc) is 3.37. The molecule has 0 bridgehead atoms. The average molecular weight is 442 g/mol. The van der Waals surface area contributed by atoms with Crippen molar-refractivity contribution in [3.8, 4) is 6.07 Å². The van der Waals surface area contributed by atoms with Gasteiger partial charge in [-0.2, -0.15) is 9.57 Å². The summed E-state index contributed by atoms with van der Waals surface area (Å²) >= 11 is 6.04. The Morgan fingerprint density at radius 3 is 2.63 bits per heavy atom. The molecule has 0 saturated carbocycles. The fourth-order valence-corrected chi connectivity index (χ4v) is 5.34. The third-order valence-corrected chi connectivity index (χ3v) is 7.29. The number of aryl methyl sites for hydroxylation is 1. The van der Waals surface area contributed by atoms with Crippen molar-refractivity contribution in [3.63, 3.8) is 0 Å². The number of rotatable bonds is 5. The maximum absolute atomic E-state index is 13.1. The van der Waals surface area contributed by atoms with Crippen molar-refractivity contribution >= 4 is 27.3 Å². The molecule has 30 heavy (non-hydrogen) atoms. The lowest BCUT2D eigenvalue weighted by Crippen LogP contribution is -2.32. The maximum Gasteiger partial charge on any atom is 0.262 e. The Labute approximate surface area is 180 Å². The summed E-state index contributed by atoms with van der Waals surface area (Å²) in [5, 5.41) is 13.1. The lowest BCUT2D eigenvalue weighted by molar-refractivity contribution is 0.468. The van der Waals surface area contributed by atoms with E-state index in [0.29, 0.717) is 17.1 Å². The molecule has 0 radical (unpaired) electrons. The molecule has 3 aromatic rings. The largest absolute Gasteiger partial charge is 0.380 e. The molecule has 1 N–H and O–H groups in total. The fraction of sp³-hybridized carbons (Fsp3) is 0.238. The van der Waals surface area contributed by atoms with E-state index in [1.165, 1.54) is 16.8 Å². The summed E-state index contributed by atoms with van der Waals surface area (Å²) in [6.45, 7) is 0.613. The highest BCUT2D eigenvalue weighted by Crippen LogP contribution is 2.33. The number of nitrogens with zero attached hydrogens (tertiary/aromatic N) is 4. The molecular formula is C21H20ClN5O2S. The fourth-order valence-electron chi connectivity index (χ4n) is 3.72. The Morgan fingerprint density at radius 1 is 1.20 bits per heavy atom. The Kier molecular flexibility index (Phi) is 5.52. The highest BCUT2D eigenvalue weighted by Gasteiger charge is 2.41. The molecular weight excluding hydrogens is 422 g/mol. The molecule has 0 aliphatic carbocycles. The van der Waals surface area contributed by atoms with Gasteiger partial charge in [-0.25, -0.2) is 13.4 Å². The first kappa shape index (κ1) is 20.4. The van der Waals surface area contributed by atoms with Crippen LogP contribution in [0, 0.1) is 11.3 Å². The van der Waals surface area contributed by atoms with E-state index in [9.17, 15) is 13.7 Å². The van der Waals surface area contributed by atoms with Gasteiger partial charge in [-0.15, -0.1) is 0 Å². The van der Waals surface area contributed by atoms with Gasteiger partial charge in [0.2, 0.25) is 0 Å². The van der Waals surface area contributed by atoms with Gasteiger partial charge in [0, 0.05) is 44.0 Å². The first-order valence-electron chi connectivity index (χ1n) is 9.38. The van der Waals surface area contributed by atoms with Crippen LogP contribution in [-0.4, -0.2) is 41.4 Å². The molecule has 0 unspecified atom stereocenters. The first-order chi connectivity index (χ1) is 14.4. The van der Waals surface area contributed by atoms with Gasteiger partial charge in [0.05, 0.1) is 16.9 Å². The number of nitriles is 1. The minimum Gasteiger partial charge on any atom is -0.380 e. The first-order valence-corrected chi connectivity index (χ1v) is 11.2. The van der Waals surface area contributed by atoms with Crippen LogP contribution in [0.4, 0.5) is 5.69 Å². The van der Waals surface area contributed by atoms with Gasteiger partial charge in [0.15, 0.2) is 5.03 Å². The summed E-state index contributed by atoms with van der Waals surface area (Å²) in [6, 6.07) is 16.8. The number of aromatic nitrogens is 2. The van der Waals surface area contributed by atoms with Crippen LogP contribution < -0.4 is 5.32 Å². The Balaban J connectivity index is 1.66. The molecule has 1 saturated heterocycles. The van der Waals surface area contributed by atoms with Crippen LogP contribution in [0.5, 0.6) is 0 Å². The molecule has 4 rings (SSSR count). The molecule has 7 nitrogen and oxygen atoms in total. The second-order valence-corrected chi connectivity index (χ2v) is 9.57. The van der Waals surface area contributed by atoms with Crippen molar-refractivity contribution in [2.24, 2.45) is 7.05 Å². The van der Waals surface area contributed by atoms with E-state index in [4.69, 9.17) is 11.6 Å². The zero-order valence-electron chi connectivity index (χ0n) is 16.2. The number of imidazole rings is 1. The van der Waals surface area contributed by atoms with Crippen LogP contribution in [-0.2, 0) is 17.1 Å². The van der Waals surface area contributed by atoms with E-state index in [-0.39, 0.29) is 23.5 Å². The third-order valence-electron chi connectivity index (χ3n) is 5.24. The number of hydrogen-bond donors (Lipinski definition) is 1. The van der Waals surface area contributed by atoms with E-state index in [2.05, 4.69) is 16.4 Å². The number of benzene rings is 2. The molecule has 1 aromatic heterocycles. The topological polar surface area (TPSA) is 91.0 Å². The molecule has 9 heteroatoms. The van der Waals surface area contributed by atoms with Crippen molar-refractivity contribution in [2.75, 3.05) is 18.4 Å². The van der Waals surface area contributed by atoms with Crippen LogP contribution in [0.25, 0.3) is 0 Å². The van der Waals surface area contributed by atoms with E-state index < -0.39 is 10.0 Å². The van der Waals surface area contributed by atoms with Crippen molar-refractivity contribution in [1.29, 1.82) is 5.26 Å². The maximum atomic E-state index is 13.1. The van der Waals surface area contributed by atoms with Crippen LogP contribution in [0.15, 0.2) is 66.1 Å². The molecule has 1 aliphatic heterocycles. The SMILES string of the molecule is Cn1cnc(S(=O)(=O)N2C[C@H](Nc3ccc(Cl)c(C#N)c3)[C@@H](c3ccccc3)C2)c1. The van der Waals surface area contributed by atoms with Crippen LogP contribution >= 0.6 is 11.6 Å². The van der Waals surface area contributed by atoms with Gasteiger partial charge in [0.1, 0.15) is 6.07 Å². The molecule has 154 valence electrons. The summed E-state index contributed by atoms with van der Waals surface area (Å²) in [5.41, 5.74) is 2.14.